The Kier molecular flexibility index (Phi) is 4.00. The van der Waals surface area contributed by atoms with Crippen molar-refractivity contribution >= 4 is 5.97 Å². The zero-order chi connectivity index (χ0) is 21.8. The van der Waals surface area contributed by atoms with Gasteiger partial charge in [-0.25, -0.2) is 0 Å². The van der Waals surface area contributed by atoms with Gasteiger partial charge < -0.3 is 18.9 Å². The molecule has 1 aromatic rings. The largest absolute Gasteiger partial charge is 0.455 e. The van der Waals surface area contributed by atoms with Gasteiger partial charge in [-0.05, 0) is 56.9 Å². The van der Waals surface area contributed by atoms with Gasteiger partial charge in [-0.15, -0.1) is 0 Å². The maximum atomic E-state index is 13.4. The van der Waals surface area contributed by atoms with Gasteiger partial charge in [0.1, 0.15) is 11.7 Å². The van der Waals surface area contributed by atoms with Crippen molar-refractivity contribution in [2.75, 3.05) is 19.6 Å². The third kappa shape index (κ3) is 2.54. The van der Waals surface area contributed by atoms with Crippen LogP contribution in [0.4, 0.5) is 0 Å². The van der Waals surface area contributed by atoms with Crippen LogP contribution in [-0.2, 0) is 20.8 Å². The van der Waals surface area contributed by atoms with Gasteiger partial charge in [0, 0.05) is 55.7 Å². The lowest BCUT2D eigenvalue weighted by Crippen LogP contribution is -2.58. The molecule has 0 radical (unpaired) electrons. The third-order valence-electron chi connectivity index (χ3n) is 10.1. The number of aromatic nitrogens is 1. The predicted octanol–water partition coefficient (Wildman–Crippen LogP) is 2.79. The monoisotopic (exact) mass is 438 g/mol. The summed E-state index contributed by atoms with van der Waals surface area (Å²) in [6.07, 6.45) is 5.71. The van der Waals surface area contributed by atoms with Crippen molar-refractivity contribution in [3.63, 3.8) is 0 Å². The SMILES string of the molecule is C[C@H]1CC[C@@H]2[C@H](CN3C[C@@H]4C[C@@H](C3)c3cccc(=O)n3C4)C(=O)O[C@@]23[C@H]1CC[C@]1(C)O[C@@H]31. The molecule has 6 heteroatoms. The Morgan fingerprint density at radius 3 is 2.84 bits per heavy atom. The van der Waals surface area contributed by atoms with Crippen molar-refractivity contribution < 1.29 is 14.3 Å². The fraction of sp³-hybridized carbons (Fsp3) is 0.769. The molecule has 32 heavy (non-hydrogen) atoms. The molecule has 5 fully saturated rings. The van der Waals surface area contributed by atoms with Gasteiger partial charge in [0.25, 0.3) is 5.56 Å². The van der Waals surface area contributed by atoms with E-state index < -0.39 is 5.60 Å². The van der Waals surface area contributed by atoms with Crippen molar-refractivity contribution in [3.8, 4) is 0 Å². The van der Waals surface area contributed by atoms with E-state index in [2.05, 4.69) is 24.8 Å². The number of piperidine rings is 1. The first kappa shape index (κ1) is 19.8. The molecule has 5 heterocycles. The molecule has 2 bridgehead atoms. The average molecular weight is 439 g/mol. The summed E-state index contributed by atoms with van der Waals surface area (Å²) in [5.41, 5.74) is 0.821. The Bertz CT molecular complexity index is 1040. The van der Waals surface area contributed by atoms with E-state index >= 15 is 0 Å². The molecule has 2 aliphatic carbocycles. The van der Waals surface area contributed by atoms with Crippen LogP contribution in [-0.4, -0.2) is 52.4 Å². The van der Waals surface area contributed by atoms with Gasteiger partial charge in [0.2, 0.25) is 0 Å². The van der Waals surface area contributed by atoms with E-state index in [4.69, 9.17) is 9.47 Å². The van der Waals surface area contributed by atoms with Gasteiger partial charge in [0.15, 0.2) is 0 Å². The normalized spacial score (nSPS) is 48.8. The zero-order valence-corrected chi connectivity index (χ0v) is 19.2. The number of hydrogen-bond donors (Lipinski definition) is 0. The van der Waals surface area contributed by atoms with E-state index in [1.165, 1.54) is 12.1 Å². The van der Waals surface area contributed by atoms with Crippen LogP contribution in [0.2, 0.25) is 0 Å². The van der Waals surface area contributed by atoms with Gasteiger partial charge in [-0.2, -0.15) is 0 Å². The molecule has 0 N–H and O–H groups in total. The highest BCUT2D eigenvalue weighted by Gasteiger charge is 2.77. The van der Waals surface area contributed by atoms with E-state index in [-0.39, 0.29) is 35.1 Å². The molecular weight excluding hydrogens is 404 g/mol. The topological polar surface area (TPSA) is 64.1 Å². The molecule has 0 amide bonds. The quantitative estimate of drug-likeness (QED) is 0.525. The van der Waals surface area contributed by atoms with Crippen LogP contribution in [0.1, 0.15) is 57.6 Å². The molecule has 6 nitrogen and oxygen atoms in total. The van der Waals surface area contributed by atoms with Crippen molar-refractivity contribution in [2.45, 2.75) is 75.7 Å². The number of nitrogens with zero attached hydrogens (tertiary/aromatic N) is 2. The van der Waals surface area contributed by atoms with Crippen molar-refractivity contribution in [3.05, 3.63) is 34.2 Å². The number of epoxide rings is 1. The molecule has 9 atom stereocenters. The molecule has 1 spiro atoms. The number of pyridine rings is 1. The van der Waals surface area contributed by atoms with Crippen LogP contribution in [0.15, 0.2) is 23.0 Å². The minimum absolute atomic E-state index is 0.0150. The smallest absolute Gasteiger partial charge is 0.311 e. The Labute approximate surface area is 189 Å². The summed E-state index contributed by atoms with van der Waals surface area (Å²) in [4.78, 5) is 28.2. The molecular formula is C26H34N2O4. The lowest BCUT2D eigenvalue weighted by molar-refractivity contribution is -0.168. The summed E-state index contributed by atoms with van der Waals surface area (Å²) >= 11 is 0. The molecule has 172 valence electrons. The Hall–Kier alpha value is -1.66. The first-order chi connectivity index (χ1) is 15.4. The van der Waals surface area contributed by atoms with E-state index in [1.807, 2.05) is 10.6 Å². The Morgan fingerprint density at radius 2 is 1.97 bits per heavy atom. The number of carbonyl (C=O) groups is 1. The van der Waals surface area contributed by atoms with Crippen LogP contribution in [0.5, 0.6) is 0 Å². The lowest BCUT2D eigenvalue weighted by Gasteiger charge is -2.50. The Balaban J connectivity index is 1.16. The van der Waals surface area contributed by atoms with Crippen molar-refractivity contribution in [1.29, 1.82) is 0 Å². The number of ether oxygens (including phenoxy) is 2. The second-order valence-electron chi connectivity index (χ2n) is 11.9. The molecule has 6 aliphatic rings. The summed E-state index contributed by atoms with van der Waals surface area (Å²) in [6.45, 7) is 8.06. The minimum atomic E-state index is -0.391. The summed E-state index contributed by atoms with van der Waals surface area (Å²) in [5.74, 6) is 2.14. The fourth-order valence-electron chi connectivity index (χ4n) is 8.68. The zero-order valence-electron chi connectivity index (χ0n) is 19.2. The summed E-state index contributed by atoms with van der Waals surface area (Å²) in [7, 11) is 0. The number of fused-ring (bicyclic) bond motifs is 5. The molecule has 0 unspecified atom stereocenters. The maximum Gasteiger partial charge on any atom is 0.311 e. The van der Waals surface area contributed by atoms with Crippen LogP contribution in [0.25, 0.3) is 0 Å². The highest BCUT2D eigenvalue weighted by molar-refractivity contribution is 5.77. The molecule has 3 saturated heterocycles. The van der Waals surface area contributed by atoms with Gasteiger partial charge in [0.05, 0.1) is 11.5 Å². The van der Waals surface area contributed by atoms with Crippen LogP contribution >= 0.6 is 0 Å². The maximum absolute atomic E-state index is 13.4. The van der Waals surface area contributed by atoms with Crippen LogP contribution in [0, 0.1) is 29.6 Å². The number of likely N-dealkylation sites (tertiary alicyclic amines) is 1. The second-order valence-corrected chi connectivity index (χ2v) is 11.9. The molecule has 2 saturated carbocycles. The average Bonchev–Trinajstić information content (AvgIpc) is 3.39. The fourth-order valence-corrected chi connectivity index (χ4v) is 8.68. The van der Waals surface area contributed by atoms with E-state index in [9.17, 15) is 9.59 Å². The summed E-state index contributed by atoms with van der Waals surface area (Å²) < 4.78 is 14.7. The molecule has 1 aromatic heterocycles. The second kappa shape index (κ2) is 6.47. The number of esters is 1. The highest BCUT2D eigenvalue weighted by Crippen LogP contribution is 2.66. The lowest BCUT2D eigenvalue weighted by atomic mass is 9.55. The molecule has 4 aliphatic heterocycles. The van der Waals surface area contributed by atoms with Crippen molar-refractivity contribution in [1.82, 2.24) is 9.47 Å². The third-order valence-corrected chi connectivity index (χ3v) is 10.1. The first-order valence-corrected chi connectivity index (χ1v) is 12.7. The number of carbonyl (C=O) groups excluding carboxylic acids is 1. The van der Waals surface area contributed by atoms with Crippen LogP contribution < -0.4 is 5.56 Å². The first-order valence-electron chi connectivity index (χ1n) is 12.7. The van der Waals surface area contributed by atoms with Gasteiger partial charge in [-0.1, -0.05) is 13.0 Å². The standard InChI is InChI=1S/C26H34N2O4/c1-15-6-7-20-18(23(30)31-26(20)19(15)8-9-25(2)24(26)32-25)14-27-11-16-10-17(13-27)21-4-3-5-22(29)28(21)12-16/h3-5,15-20,24H,6-14H2,1-2H3/t15-,16-,17-,18-,19-,20+,24+,25-,26-/m0/s1. The highest BCUT2D eigenvalue weighted by atomic mass is 16.7. The van der Waals surface area contributed by atoms with E-state index in [1.54, 1.807) is 6.07 Å². The Morgan fingerprint density at radius 1 is 1.09 bits per heavy atom. The minimum Gasteiger partial charge on any atom is -0.455 e. The summed E-state index contributed by atoms with van der Waals surface area (Å²) in [5, 5.41) is 0. The number of hydrogen-bond acceptors (Lipinski definition) is 5. The van der Waals surface area contributed by atoms with Crippen LogP contribution in [0.3, 0.4) is 0 Å². The van der Waals surface area contributed by atoms with E-state index in [0.29, 0.717) is 23.7 Å². The molecule has 7 rings (SSSR count). The van der Waals surface area contributed by atoms with Gasteiger partial charge >= 0.3 is 5.97 Å². The summed E-state index contributed by atoms with van der Waals surface area (Å²) in [6, 6.07) is 5.68. The van der Waals surface area contributed by atoms with Gasteiger partial charge in [-0.3, -0.25) is 9.59 Å². The molecule has 0 aromatic carbocycles. The predicted molar refractivity (Wildman–Crippen MR) is 118 cm³/mol. The van der Waals surface area contributed by atoms with E-state index in [0.717, 1.165) is 51.9 Å². The van der Waals surface area contributed by atoms with Crippen molar-refractivity contribution in [2.24, 2.45) is 29.6 Å². The number of rotatable bonds is 2.